The molecule has 0 unspecified atom stereocenters. The molecule has 8 heteroatoms. The first-order valence-electron chi connectivity index (χ1n) is 9.20. The summed E-state index contributed by atoms with van der Waals surface area (Å²) in [5.74, 6) is 1.55. The molecule has 0 radical (unpaired) electrons. The van der Waals surface area contributed by atoms with Gasteiger partial charge in [-0.3, -0.25) is 4.57 Å². The van der Waals surface area contributed by atoms with Crippen LogP contribution < -0.4 is 15.5 Å². The van der Waals surface area contributed by atoms with Crippen LogP contribution in [0, 0.1) is 0 Å². The summed E-state index contributed by atoms with van der Waals surface area (Å²) in [7, 11) is 0.737. The van der Waals surface area contributed by atoms with Crippen LogP contribution in [-0.4, -0.2) is 32.9 Å². The third-order valence-electron chi connectivity index (χ3n) is 4.45. The molecule has 3 rings (SSSR count). The number of rotatable bonds is 10. The highest BCUT2D eigenvalue weighted by Gasteiger charge is 2.34. The second kappa shape index (κ2) is 9.74. The second-order valence-electron chi connectivity index (χ2n) is 6.31. The number of nitrogens with zero attached hydrogens (tertiary/aromatic N) is 1. The predicted octanol–water partition coefficient (Wildman–Crippen LogP) is 4.04. The standard InChI is InChI=1S/C21H25N2O5P/c1-25-18-11-9-16(10-12-18)13-14-22-20-21(29(24,26-2)27-3)23-19(28-20)15-17-7-5-4-6-8-17/h4-12,22H,13-15H2,1-3H3. The maximum absolute atomic E-state index is 12.9. The van der Waals surface area contributed by atoms with Crippen molar-refractivity contribution >= 4 is 18.9 Å². The van der Waals surface area contributed by atoms with E-state index in [0.717, 1.165) is 23.3 Å². The quantitative estimate of drug-likeness (QED) is 0.500. The van der Waals surface area contributed by atoms with Crippen molar-refractivity contribution in [2.45, 2.75) is 12.8 Å². The average molecular weight is 416 g/mol. The second-order valence-corrected chi connectivity index (χ2v) is 8.46. The molecule has 0 saturated heterocycles. The Hall–Kier alpha value is -2.60. The summed E-state index contributed by atoms with van der Waals surface area (Å²) < 4.78 is 34.2. The van der Waals surface area contributed by atoms with Crippen LogP contribution in [0.25, 0.3) is 0 Å². The smallest absolute Gasteiger partial charge is 0.384 e. The highest BCUT2D eigenvalue weighted by molar-refractivity contribution is 7.62. The predicted molar refractivity (Wildman–Crippen MR) is 112 cm³/mol. The zero-order chi connectivity index (χ0) is 20.7. The minimum Gasteiger partial charge on any atom is -0.497 e. The lowest BCUT2D eigenvalue weighted by atomic mass is 10.1. The molecule has 1 N–H and O–H groups in total. The van der Waals surface area contributed by atoms with Crippen molar-refractivity contribution in [2.75, 3.05) is 33.2 Å². The van der Waals surface area contributed by atoms with Crippen LogP contribution in [0.3, 0.4) is 0 Å². The molecule has 3 aromatic rings. The lowest BCUT2D eigenvalue weighted by molar-refractivity contribution is 0.286. The minimum atomic E-state index is -3.56. The zero-order valence-corrected chi connectivity index (χ0v) is 17.6. The molecule has 0 aliphatic heterocycles. The summed E-state index contributed by atoms with van der Waals surface area (Å²) in [6.45, 7) is 0.562. The van der Waals surface area contributed by atoms with Gasteiger partial charge in [-0.25, -0.2) is 4.98 Å². The highest BCUT2D eigenvalue weighted by atomic mass is 31.2. The maximum Gasteiger partial charge on any atom is 0.384 e. The molecule has 0 amide bonds. The third kappa shape index (κ3) is 5.26. The molecule has 1 aromatic heterocycles. The fourth-order valence-corrected chi connectivity index (χ4v) is 3.96. The van der Waals surface area contributed by atoms with E-state index in [1.807, 2.05) is 54.6 Å². The number of oxazole rings is 1. The SMILES string of the molecule is COc1ccc(CCNc2oc(Cc3ccccc3)nc2P(=O)(OC)OC)cc1. The Morgan fingerprint density at radius 3 is 2.28 bits per heavy atom. The molecule has 0 aliphatic rings. The topological polar surface area (TPSA) is 82.8 Å². The van der Waals surface area contributed by atoms with Gasteiger partial charge in [0.25, 0.3) is 0 Å². The van der Waals surface area contributed by atoms with E-state index < -0.39 is 7.60 Å². The van der Waals surface area contributed by atoms with Crippen LogP contribution in [0.1, 0.15) is 17.0 Å². The third-order valence-corrected chi connectivity index (χ3v) is 6.23. The van der Waals surface area contributed by atoms with Crippen LogP contribution >= 0.6 is 7.60 Å². The van der Waals surface area contributed by atoms with Crippen molar-refractivity contribution in [2.24, 2.45) is 0 Å². The van der Waals surface area contributed by atoms with Crippen LogP contribution in [-0.2, 0) is 26.5 Å². The Kier molecular flexibility index (Phi) is 7.09. The fourth-order valence-electron chi connectivity index (χ4n) is 2.86. The van der Waals surface area contributed by atoms with Crippen molar-refractivity contribution in [3.8, 4) is 5.75 Å². The summed E-state index contributed by atoms with van der Waals surface area (Å²) in [6, 6.07) is 17.6. The molecule has 7 nitrogen and oxygen atoms in total. The van der Waals surface area contributed by atoms with Crippen LogP contribution in [0.4, 0.5) is 5.88 Å². The van der Waals surface area contributed by atoms with Gasteiger partial charge in [-0.15, -0.1) is 0 Å². The van der Waals surface area contributed by atoms with Gasteiger partial charge in [0, 0.05) is 27.2 Å². The number of methoxy groups -OCH3 is 1. The van der Waals surface area contributed by atoms with Crippen molar-refractivity contribution in [3.05, 3.63) is 71.6 Å². The largest absolute Gasteiger partial charge is 0.497 e. The summed E-state index contributed by atoms with van der Waals surface area (Å²) in [4.78, 5) is 4.41. The number of aromatic nitrogens is 1. The number of hydrogen-bond donors (Lipinski definition) is 1. The van der Waals surface area contributed by atoms with Gasteiger partial charge in [0.2, 0.25) is 17.2 Å². The van der Waals surface area contributed by atoms with Gasteiger partial charge in [-0.2, -0.15) is 0 Å². The normalized spacial score (nSPS) is 11.4. The first-order valence-corrected chi connectivity index (χ1v) is 10.7. The average Bonchev–Trinajstić information content (AvgIpc) is 3.17. The summed E-state index contributed by atoms with van der Waals surface area (Å²) in [6.07, 6.45) is 1.21. The maximum atomic E-state index is 12.9. The van der Waals surface area contributed by atoms with E-state index in [-0.39, 0.29) is 5.44 Å². The van der Waals surface area contributed by atoms with Crippen molar-refractivity contribution < 1.29 is 22.8 Å². The molecule has 0 aliphatic carbocycles. The molecule has 2 aromatic carbocycles. The van der Waals surface area contributed by atoms with E-state index in [1.165, 1.54) is 14.2 Å². The zero-order valence-electron chi connectivity index (χ0n) is 16.8. The number of benzene rings is 2. The molecule has 154 valence electrons. The minimum absolute atomic E-state index is 0.156. The lowest BCUT2D eigenvalue weighted by Crippen LogP contribution is -2.16. The van der Waals surface area contributed by atoms with E-state index in [0.29, 0.717) is 24.7 Å². The fraction of sp³-hybridized carbons (Fsp3) is 0.286. The van der Waals surface area contributed by atoms with Crippen molar-refractivity contribution in [1.82, 2.24) is 4.98 Å². The summed E-state index contributed by atoms with van der Waals surface area (Å²) in [5.41, 5.74) is 2.32. The van der Waals surface area contributed by atoms with E-state index in [1.54, 1.807) is 7.11 Å². The molecule has 29 heavy (non-hydrogen) atoms. The summed E-state index contributed by atoms with van der Waals surface area (Å²) >= 11 is 0. The molecular formula is C21H25N2O5P. The van der Waals surface area contributed by atoms with Crippen LogP contribution in [0.15, 0.2) is 59.0 Å². The molecule has 0 spiro atoms. The Morgan fingerprint density at radius 2 is 1.66 bits per heavy atom. The van der Waals surface area contributed by atoms with E-state index >= 15 is 0 Å². The van der Waals surface area contributed by atoms with E-state index in [9.17, 15) is 4.57 Å². The number of ether oxygens (including phenoxy) is 1. The highest BCUT2D eigenvalue weighted by Crippen LogP contribution is 2.47. The first-order chi connectivity index (χ1) is 14.1. The monoisotopic (exact) mass is 416 g/mol. The number of hydrogen-bond acceptors (Lipinski definition) is 7. The molecule has 0 saturated carbocycles. The van der Waals surface area contributed by atoms with E-state index in [2.05, 4.69) is 10.3 Å². The molecule has 1 heterocycles. The summed E-state index contributed by atoms with van der Waals surface area (Å²) in [5, 5.41) is 3.18. The van der Waals surface area contributed by atoms with Gasteiger partial charge in [0.1, 0.15) is 5.75 Å². The van der Waals surface area contributed by atoms with Crippen LogP contribution in [0.2, 0.25) is 0 Å². The molecule has 0 bridgehead atoms. The number of anilines is 1. The Bertz CT molecular complexity index is 949. The molecule has 0 atom stereocenters. The van der Waals surface area contributed by atoms with Crippen molar-refractivity contribution in [3.63, 3.8) is 0 Å². The Morgan fingerprint density at radius 1 is 0.966 bits per heavy atom. The van der Waals surface area contributed by atoms with Gasteiger partial charge < -0.3 is 23.5 Å². The van der Waals surface area contributed by atoms with E-state index in [4.69, 9.17) is 18.2 Å². The van der Waals surface area contributed by atoms with Gasteiger partial charge in [0.05, 0.1) is 7.11 Å². The van der Waals surface area contributed by atoms with Gasteiger partial charge >= 0.3 is 7.60 Å². The van der Waals surface area contributed by atoms with Gasteiger partial charge in [0.15, 0.2) is 0 Å². The van der Waals surface area contributed by atoms with Crippen LogP contribution in [0.5, 0.6) is 5.75 Å². The van der Waals surface area contributed by atoms with Gasteiger partial charge in [-0.05, 0) is 29.7 Å². The first kappa shape index (κ1) is 21.1. The Labute approximate surface area is 170 Å². The van der Waals surface area contributed by atoms with Gasteiger partial charge in [-0.1, -0.05) is 42.5 Å². The lowest BCUT2D eigenvalue weighted by Gasteiger charge is -2.12. The molecular weight excluding hydrogens is 391 g/mol. The number of nitrogens with one attached hydrogen (secondary N) is 1. The Balaban J connectivity index is 1.76. The molecule has 0 fully saturated rings. The van der Waals surface area contributed by atoms with Crippen molar-refractivity contribution in [1.29, 1.82) is 0 Å².